The van der Waals surface area contributed by atoms with Crippen LogP contribution in [0.3, 0.4) is 0 Å². The van der Waals surface area contributed by atoms with Gasteiger partial charge in [0.2, 0.25) is 5.91 Å². The predicted octanol–water partition coefficient (Wildman–Crippen LogP) is 2.52. The maximum atomic E-state index is 12.0. The van der Waals surface area contributed by atoms with Crippen LogP contribution < -0.4 is 15.5 Å². The molecule has 1 aliphatic heterocycles. The fourth-order valence-electron chi connectivity index (χ4n) is 2.43. The van der Waals surface area contributed by atoms with Crippen LogP contribution in [-0.4, -0.2) is 23.4 Å². The zero-order valence-electron chi connectivity index (χ0n) is 12.3. The Hall–Kier alpha value is -2.08. The van der Waals surface area contributed by atoms with E-state index in [9.17, 15) is 14.4 Å². The summed E-state index contributed by atoms with van der Waals surface area (Å²) in [6, 6.07) is 4.38. The summed E-state index contributed by atoms with van der Waals surface area (Å²) < 4.78 is 0. The molecule has 4 amide bonds. The summed E-state index contributed by atoms with van der Waals surface area (Å²) in [4.78, 5) is 36.9. The SMILES string of the molecule is CC1(C)C(=O)NC(=O)N1c1ccc(NC(=O)C2CC2)cc1Cl. The number of carbonyl (C=O) groups is 3. The van der Waals surface area contributed by atoms with E-state index in [-0.39, 0.29) is 17.7 Å². The Bertz CT molecular complexity index is 683. The number of hydrogen-bond donors (Lipinski definition) is 2. The van der Waals surface area contributed by atoms with Crippen molar-refractivity contribution in [1.82, 2.24) is 5.32 Å². The second kappa shape index (κ2) is 4.98. The molecule has 22 heavy (non-hydrogen) atoms. The van der Waals surface area contributed by atoms with E-state index in [2.05, 4.69) is 10.6 Å². The molecule has 0 atom stereocenters. The first-order chi connectivity index (χ1) is 10.3. The summed E-state index contributed by atoms with van der Waals surface area (Å²) in [6.45, 7) is 3.29. The number of imide groups is 1. The first-order valence-corrected chi connectivity index (χ1v) is 7.44. The molecule has 1 saturated heterocycles. The number of urea groups is 1. The van der Waals surface area contributed by atoms with Gasteiger partial charge in [0.1, 0.15) is 5.54 Å². The van der Waals surface area contributed by atoms with Crippen LogP contribution in [0.25, 0.3) is 0 Å². The van der Waals surface area contributed by atoms with Crippen LogP contribution in [0.1, 0.15) is 26.7 Å². The predicted molar refractivity (Wildman–Crippen MR) is 82.9 cm³/mol. The Kier molecular flexibility index (Phi) is 3.36. The van der Waals surface area contributed by atoms with Crippen LogP contribution in [0.5, 0.6) is 0 Å². The van der Waals surface area contributed by atoms with Crippen molar-refractivity contribution >= 4 is 40.8 Å². The number of carbonyl (C=O) groups excluding carboxylic acids is 3. The lowest BCUT2D eigenvalue weighted by Gasteiger charge is -2.28. The largest absolute Gasteiger partial charge is 0.329 e. The summed E-state index contributed by atoms with van der Waals surface area (Å²) in [7, 11) is 0. The molecule has 1 saturated carbocycles. The maximum absolute atomic E-state index is 12.0. The Labute approximate surface area is 132 Å². The first kappa shape index (κ1) is 14.8. The maximum Gasteiger partial charge on any atom is 0.329 e. The molecule has 7 heteroatoms. The van der Waals surface area contributed by atoms with E-state index in [4.69, 9.17) is 11.6 Å². The smallest absolute Gasteiger partial charge is 0.326 e. The third kappa shape index (κ3) is 2.43. The van der Waals surface area contributed by atoms with E-state index in [0.717, 1.165) is 12.8 Å². The zero-order valence-corrected chi connectivity index (χ0v) is 13.0. The molecule has 2 aliphatic rings. The molecule has 1 aliphatic carbocycles. The van der Waals surface area contributed by atoms with Crippen LogP contribution in [0.4, 0.5) is 16.2 Å². The Morgan fingerprint density at radius 1 is 1.36 bits per heavy atom. The normalized spacial score (nSPS) is 20.0. The Morgan fingerprint density at radius 2 is 2.05 bits per heavy atom. The molecule has 1 heterocycles. The monoisotopic (exact) mass is 321 g/mol. The zero-order chi connectivity index (χ0) is 16.1. The van der Waals surface area contributed by atoms with Crippen LogP contribution in [0.15, 0.2) is 18.2 Å². The highest BCUT2D eigenvalue weighted by molar-refractivity contribution is 6.35. The molecule has 1 aromatic carbocycles. The average Bonchev–Trinajstić information content (AvgIpc) is 3.22. The fourth-order valence-corrected chi connectivity index (χ4v) is 2.69. The van der Waals surface area contributed by atoms with Crippen LogP contribution in [-0.2, 0) is 9.59 Å². The average molecular weight is 322 g/mol. The van der Waals surface area contributed by atoms with Gasteiger partial charge in [0, 0.05) is 11.6 Å². The van der Waals surface area contributed by atoms with Gasteiger partial charge >= 0.3 is 6.03 Å². The van der Waals surface area contributed by atoms with Crippen LogP contribution >= 0.6 is 11.6 Å². The lowest BCUT2D eigenvalue weighted by atomic mass is 10.0. The minimum Gasteiger partial charge on any atom is -0.326 e. The molecular weight excluding hydrogens is 306 g/mol. The van der Waals surface area contributed by atoms with Gasteiger partial charge in [0.15, 0.2) is 0 Å². The van der Waals surface area contributed by atoms with Crippen molar-refractivity contribution in [1.29, 1.82) is 0 Å². The number of benzene rings is 1. The Balaban J connectivity index is 1.87. The number of nitrogens with zero attached hydrogens (tertiary/aromatic N) is 1. The molecule has 1 aromatic rings. The van der Waals surface area contributed by atoms with Crippen molar-refractivity contribution in [3.63, 3.8) is 0 Å². The summed E-state index contributed by atoms with van der Waals surface area (Å²) in [5, 5.41) is 5.36. The van der Waals surface area contributed by atoms with E-state index < -0.39 is 11.6 Å². The topological polar surface area (TPSA) is 78.5 Å². The van der Waals surface area contributed by atoms with Crippen molar-refractivity contribution < 1.29 is 14.4 Å². The molecule has 0 aromatic heterocycles. The molecule has 116 valence electrons. The molecule has 2 fully saturated rings. The highest BCUT2D eigenvalue weighted by Crippen LogP contribution is 2.36. The van der Waals surface area contributed by atoms with Gasteiger partial charge in [0.05, 0.1) is 10.7 Å². The van der Waals surface area contributed by atoms with Gasteiger partial charge in [0.25, 0.3) is 5.91 Å². The van der Waals surface area contributed by atoms with Gasteiger partial charge in [-0.15, -0.1) is 0 Å². The summed E-state index contributed by atoms with van der Waals surface area (Å²) >= 11 is 6.24. The minimum atomic E-state index is -1.01. The number of nitrogens with one attached hydrogen (secondary N) is 2. The third-order valence-electron chi connectivity index (χ3n) is 3.94. The van der Waals surface area contributed by atoms with Crippen molar-refractivity contribution in [2.24, 2.45) is 5.92 Å². The lowest BCUT2D eigenvalue weighted by molar-refractivity contribution is -0.122. The number of amides is 4. The number of hydrogen-bond acceptors (Lipinski definition) is 3. The quantitative estimate of drug-likeness (QED) is 0.840. The Morgan fingerprint density at radius 3 is 2.55 bits per heavy atom. The molecule has 0 unspecified atom stereocenters. The molecule has 2 N–H and O–H groups in total. The summed E-state index contributed by atoms with van der Waals surface area (Å²) in [5.41, 5.74) is -0.00621. The second-order valence-electron chi connectivity index (χ2n) is 6.08. The van der Waals surface area contributed by atoms with Gasteiger partial charge in [-0.1, -0.05) is 11.6 Å². The van der Waals surface area contributed by atoms with Crippen LogP contribution in [0.2, 0.25) is 5.02 Å². The highest BCUT2D eigenvalue weighted by Gasteiger charge is 2.47. The van der Waals surface area contributed by atoms with Gasteiger partial charge in [-0.25, -0.2) is 4.79 Å². The minimum absolute atomic E-state index is 0.0155. The lowest BCUT2D eigenvalue weighted by Crippen LogP contribution is -2.44. The van der Waals surface area contributed by atoms with Crippen LogP contribution in [0, 0.1) is 5.92 Å². The summed E-state index contributed by atoms with van der Waals surface area (Å²) in [5.74, 6) is -0.294. The first-order valence-electron chi connectivity index (χ1n) is 7.07. The molecule has 0 spiro atoms. The van der Waals surface area contributed by atoms with Gasteiger partial charge in [-0.05, 0) is 44.9 Å². The van der Waals surface area contributed by atoms with Gasteiger partial charge in [-0.3, -0.25) is 19.8 Å². The van der Waals surface area contributed by atoms with Gasteiger partial charge in [-0.2, -0.15) is 0 Å². The van der Waals surface area contributed by atoms with E-state index in [1.54, 1.807) is 32.0 Å². The van der Waals surface area contributed by atoms with Gasteiger partial charge < -0.3 is 5.32 Å². The van der Waals surface area contributed by atoms with E-state index in [0.29, 0.717) is 16.4 Å². The highest BCUT2D eigenvalue weighted by atomic mass is 35.5. The fraction of sp³-hybridized carbons (Fsp3) is 0.400. The van der Waals surface area contributed by atoms with Crippen molar-refractivity contribution in [2.45, 2.75) is 32.2 Å². The van der Waals surface area contributed by atoms with Crippen molar-refractivity contribution in [3.05, 3.63) is 23.2 Å². The van der Waals surface area contributed by atoms with E-state index in [1.807, 2.05) is 0 Å². The number of anilines is 2. The van der Waals surface area contributed by atoms with E-state index >= 15 is 0 Å². The number of rotatable bonds is 3. The van der Waals surface area contributed by atoms with Crippen molar-refractivity contribution in [2.75, 3.05) is 10.2 Å². The third-order valence-corrected chi connectivity index (χ3v) is 4.25. The van der Waals surface area contributed by atoms with Crippen molar-refractivity contribution in [3.8, 4) is 0 Å². The molecular formula is C15H16ClN3O3. The molecule has 3 rings (SSSR count). The molecule has 0 radical (unpaired) electrons. The second-order valence-corrected chi connectivity index (χ2v) is 6.49. The summed E-state index contributed by atoms with van der Waals surface area (Å²) in [6.07, 6.45) is 1.84. The molecule has 0 bridgehead atoms. The molecule has 6 nitrogen and oxygen atoms in total. The van der Waals surface area contributed by atoms with E-state index in [1.165, 1.54) is 4.90 Å². The number of halogens is 1. The standard InChI is InChI=1S/C15H16ClN3O3/c1-15(2)13(21)18-14(22)19(15)11-6-5-9(7-10(11)16)17-12(20)8-3-4-8/h5-8H,3-4H2,1-2H3,(H,17,20)(H,18,21,22).